The maximum absolute atomic E-state index is 13.5. The van der Waals surface area contributed by atoms with E-state index < -0.39 is 0 Å². The second-order valence-electron chi connectivity index (χ2n) is 12.6. The molecule has 2 aliphatic heterocycles. The van der Waals surface area contributed by atoms with Crippen molar-refractivity contribution in [1.29, 1.82) is 0 Å². The van der Waals surface area contributed by atoms with Crippen molar-refractivity contribution in [3.8, 4) is 11.5 Å². The fourth-order valence-electron chi connectivity index (χ4n) is 8.50. The number of phenolic OH excluding ortho intramolecular Hbond substituents is 1. The molecule has 2 aromatic carbocycles. The van der Waals surface area contributed by atoms with Crippen LogP contribution in [0, 0.1) is 5.92 Å². The van der Waals surface area contributed by atoms with E-state index in [1.54, 1.807) is 17.4 Å². The normalized spacial score (nSPS) is 27.5. The number of phenols is 1. The molecule has 1 aromatic heterocycles. The number of amides is 1. The Morgan fingerprint density at radius 1 is 1.21 bits per heavy atom. The molecule has 0 radical (unpaired) electrons. The molecule has 3 heterocycles. The Labute approximate surface area is 260 Å². The van der Waals surface area contributed by atoms with Crippen LogP contribution in [0.5, 0.6) is 11.5 Å². The first-order valence-corrected chi connectivity index (χ1v) is 16.7. The van der Waals surface area contributed by atoms with Crippen LogP contribution >= 0.6 is 27.3 Å². The Hall–Kier alpha value is -2.81. The number of ether oxygens (including phenoxy) is 1. The van der Waals surface area contributed by atoms with Gasteiger partial charge in [-0.15, -0.1) is 11.3 Å². The van der Waals surface area contributed by atoms with Gasteiger partial charge in [-0.3, -0.25) is 9.69 Å². The predicted octanol–water partition coefficient (Wildman–Crippen LogP) is 6.10. The SMILES string of the molecule is CN(C)c1cc(O)c2c3c1C[C@@H]1[C@@H]4CC[C@@H](N(C)C(=O)/C=C/c5cc(Br)cs5)[C@H](O2)[C@]34CCN1CCc1ccccc1. The van der Waals surface area contributed by atoms with Gasteiger partial charge in [-0.25, -0.2) is 0 Å². The van der Waals surface area contributed by atoms with E-state index in [-0.39, 0.29) is 29.2 Å². The topological polar surface area (TPSA) is 56.3 Å². The highest BCUT2D eigenvalue weighted by Crippen LogP contribution is 2.65. The Morgan fingerprint density at radius 2 is 2.02 bits per heavy atom. The molecule has 2 aliphatic carbocycles. The van der Waals surface area contributed by atoms with Crippen LogP contribution in [0.2, 0.25) is 0 Å². The predicted molar refractivity (Wildman–Crippen MR) is 173 cm³/mol. The summed E-state index contributed by atoms with van der Waals surface area (Å²) in [5.74, 6) is 1.30. The fraction of sp³-hybridized carbons (Fsp3) is 0.441. The number of nitrogens with zero attached hydrogens (tertiary/aromatic N) is 3. The zero-order valence-electron chi connectivity index (χ0n) is 24.4. The Kier molecular flexibility index (Phi) is 7.14. The van der Waals surface area contributed by atoms with Crippen LogP contribution in [0.15, 0.2) is 58.4 Å². The molecule has 8 heteroatoms. The highest BCUT2D eigenvalue weighted by Gasteiger charge is 2.66. The largest absolute Gasteiger partial charge is 0.504 e. The minimum Gasteiger partial charge on any atom is -0.504 e. The Bertz CT molecular complexity index is 1540. The number of likely N-dealkylation sites (tertiary alicyclic amines) is 1. The van der Waals surface area contributed by atoms with Gasteiger partial charge in [0.2, 0.25) is 5.91 Å². The highest BCUT2D eigenvalue weighted by atomic mass is 79.9. The average molecular weight is 649 g/mol. The van der Waals surface area contributed by atoms with Gasteiger partial charge < -0.3 is 19.6 Å². The Morgan fingerprint density at radius 3 is 2.76 bits per heavy atom. The second kappa shape index (κ2) is 10.7. The lowest BCUT2D eigenvalue weighted by Crippen LogP contribution is -2.69. The number of aromatic hydroxyl groups is 1. The van der Waals surface area contributed by atoms with Crippen LogP contribution in [0.4, 0.5) is 5.69 Å². The second-order valence-corrected chi connectivity index (χ2v) is 14.4. The monoisotopic (exact) mass is 647 g/mol. The third-order valence-electron chi connectivity index (χ3n) is 10.3. The summed E-state index contributed by atoms with van der Waals surface area (Å²) in [6, 6.07) is 15.1. The van der Waals surface area contributed by atoms with Gasteiger partial charge in [0.25, 0.3) is 0 Å². The zero-order chi connectivity index (χ0) is 29.2. The lowest BCUT2D eigenvalue weighted by atomic mass is 9.50. The first kappa shape index (κ1) is 28.0. The van der Waals surface area contributed by atoms with Crippen LogP contribution in [-0.4, -0.2) is 73.2 Å². The number of hydrogen-bond donors (Lipinski definition) is 1. The minimum atomic E-state index is -0.208. The van der Waals surface area contributed by atoms with E-state index in [4.69, 9.17) is 4.74 Å². The third-order valence-corrected chi connectivity index (χ3v) is 12.0. The fourth-order valence-corrected chi connectivity index (χ4v) is 9.84. The number of anilines is 1. The first-order chi connectivity index (χ1) is 20.3. The summed E-state index contributed by atoms with van der Waals surface area (Å²) in [7, 11) is 6.05. The highest BCUT2D eigenvalue weighted by molar-refractivity contribution is 9.10. The summed E-state index contributed by atoms with van der Waals surface area (Å²) in [5, 5.41) is 13.3. The van der Waals surface area contributed by atoms with Crippen LogP contribution in [0.3, 0.4) is 0 Å². The number of carbonyl (C=O) groups excluding carboxylic acids is 1. The van der Waals surface area contributed by atoms with Crippen molar-refractivity contribution >= 4 is 44.9 Å². The summed E-state index contributed by atoms with van der Waals surface area (Å²) in [5.41, 5.74) is 4.80. The van der Waals surface area contributed by atoms with Crippen LogP contribution in [0.1, 0.15) is 40.8 Å². The van der Waals surface area contributed by atoms with E-state index in [0.29, 0.717) is 17.7 Å². The molecule has 42 heavy (non-hydrogen) atoms. The van der Waals surface area contributed by atoms with Crippen molar-refractivity contribution < 1.29 is 14.6 Å². The van der Waals surface area contributed by atoms with E-state index in [1.807, 2.05) is 35.5 Å². The number of hydrogen-bond acceptors (Lipinski definition) is 6. The third kappa shape index (κ3) is 4.40. The number of rotatable bonds is 7. The van der Waals surface area contributed by atoms with E-state index in [9.17, 15) is 9.90 Å². The molecular weight excluding hydrogens is 610 g/mol. The molecule has 6 nitrogen and oxygen atoms in total. The van der Waals surface area contributed by atoms with Crippen molar-refractivity contribution in [3.05, 3.63) is 80.0 Å². The zero-order valence-corrected chi connectivity index (χ0v) is 26.8. The van der Waals surface area contributed by atoms with Crippen molar-refractivity contribution in [3.63, 3.8) is 0 Å². The number of carbonyl (C=O) groups is 1. The van der Waals surface area contributed by atoms with Crippen molar-refractivity contribution in [1.82, 2.24) is 9.80 Å². The molecule has 5 atom stereocenters. The Balaban J connectivity index is 1.24. The number of benzene rings is 2. The summed E-state index contributed by atoms with van der Waals surface area (Å²) in [6.07, 6.45) is 8.33. The maximum atomic E-state index is 13.5. The molecule has 1 amide bonds. The van der Waals surface area contributed by atoms with Crippen molar-refractivity contribution in [2.24, 2.45) is 5.92 Å². The van der Waals surface area contributed by atoms with Gasteiger partial charge in [-0.1, -0.05) is 30.3 Å². The number of thiophene rings is 1. The molecule has 2 bridgehead atoms. The molecule has 2 fully saturated rings. The summed E-state index contributed by atoms with van der Waals surface area (Å²) >= 11 is 5.11. The molecule has 1 saturated heterocycles. The molecule has 220 valence electrons. The molecule has 7 rings (SSSR count). The smallest absolute Gasteiger partial charge is 0.246 e. The van der Waals surface area contributed by atoms with Crippen LogP contribution < -0.4 is 9.64 Å². The van der Waals surface area contributed by atoms with E-state index in [0.717, 1.165) is 60.2 Å². The van der Waals surface area contributed by atoms with Crippen LogP contribution in [-0.2, 0) is 23.1 Å². The lowest BCUT2D eigenvalue weighted by Gasteiger charge is -2.60. The van der Waals surface area contributed by atoms with Crippen LogP contribution in [0.25, 0.3) is 6.08 Å². The molecule has 1 saturated carbocycles. The molecule has 0 unspecified atom stereocenters. The van der Waals surface area contributed by atoms with Gasteiger partial charge in [0.15, 0.2) is 11.5 Å². The van der Waals surface area contributed by atoms with Gasteiger partial charge >= 0.3 is 0 Å². The number of halogens is 1. The van der Waals surface area contributed by atoms with Gasteiger partial charge in [0, 0.05) is 77.3 Å². The van der Waals surface area contributed by atoms with Gasteiger partial charge in [-0.05, 0) is 83.8 Å². The summed E-state index contributed by atoms with van der Waals surface area (Å²) in [4.78, 5) is 21.3. The van der Waals surface area contributed by atoms with E-state index >= 15 is 0 Å². The molecule has 1 spiro atoms. The summed E-state index contributed by atoms with van der Waals surface area (Å²) in [6.45, 7) is 2.03. The molecule has 3 aromatic rings. The average Bonchev–Trinajstić information content (AvgIpc) is 3.56. The van der Waals surface area contributed by atoms with E-state index in [2.05, 4.69) is 70.2 Å². The number of piperidine rings is 1. The maximum Gasteiger partial charge on any atom is 0.246 e. The van der Waals surface area contributed by atoms with Gasteiger partial charge in [0.1, 0.15) is 6.10 Å². The van der Waals surface area contributed by atoms with Crippen molar-refractivity contribution in [2.75, 3.05) is 39.1 Å². The number of likely N-dealkylation sites (N-methyl/N-ethyl adjacent to an activating group) is 1. The summed E-state index contributed by atoms with van der Waals surface area (Å²) < 4.78 is 7.87. The molecule has 4 aliphatic rings. The first-order valence-electron chi connectivity index (χ1n) is 15.0. The molecular formula is C34H38BrN3O3S. The minimum absolute atomic E-state index is 0.00925. The standard InChI is InChI=1S/C34H38BrN3O3S/c1-36(2)27-19-29(39)32-31-24(27)18-28-25-10-11-26(37(3)30(40)12-9-23-17-22(35)20-42-23)33(41-32)34(25,31)14-16-38(28)15-13-21-7-5-4-6-8-21/h4-9,12,17,19-20,25-26,28,33,39H,10-11,13-16,18H2,1-3H3/b12-9+/t25-,26+,28+,33-,34-/m0/s1. The molecule has 1 N–H and O–H groups in total. The van der Waals surface area contributed by atoms with Crippen molar-refractivity contribution in [2.45, 2.75) is 55.7 Å². The van der Waals surface area contributed by atoms with E-state index in [1.165, 1.54) is 16.7 Å². The van der Waals surface area contributed by atoms with Gasteiger partial charge in [0.05, 0.1) is 6.04 Å². The quantitative estimate of drug-likeness (QED) is 0.314. The van der Waals surface area contributed by atoms with Gasteiger partial charge in [-0.2, -0.15) is 0 Å². The lowest BCUT2D eigenvalue weighted by molar-refractivity contribution is -0.135.